The van der Waals surface area contributed by atoms with Crippen molar-refractivity contribution in [2.75, 3.05) is 5.73 Å². The Kier molecular flexibility index (Phi) is 2.87. The third-order valence-corrected chi connectivity index (χ3v) is 2.02. The van der Waals surface area contributed by atoms with Gasteiger partial charge >= 0.3 is 0 Å². The molecule has 2 aromatic rings. The first-order valence-electron chi connectivity index (χ1n) is 4.81. The van der Waals surface area contributed by atoms with Crippen molar-refractivity contribution in [3.63, 3.8) is 0 Å². The summed E-state index contributed by atoms with van der Waals surface area (Å²) in [6.07, 6.45) is 2.73. The van der Waals surface area contributed by atoms with Crippen molar-refractivity contribution >= 4 is 11.7 Å². The summed E-state index contributed by atoms with van der Waals surface area (Å²) in [6.45, 7) is 0. The predicted octanol–water partition coefficient (Wildman–Crippen LogP) is 0.950. The highest BCUT2D eigenvalue weighted by Crippen LogP contribution is 2.22. The number of carbonyl (C=O) groups excluding carboxylic acids is 1. The van der Waals surface area contributed by atoms with E-state index in [9.17, 15) is 4.79 Å². The third-order valence-electron chi connectivity index (χ3n) is 2.02. The molecule has 1 amide bonds. The summed E-state index contributed by atoms with van der Waals surface area (Å²) in [5.41, 5.74) is 10.9. The van der Waals surface area contributed by atoms with Crippen molar-refractivity contribution in [3.05, 3.63) is 42.2 Å². The number of benzene rings is 1. The van der Waals surface area contributed by atoms with Crippen LogP contribution in [0.2, 0.25) is 0 Å². The Hall–Kier alpha value is -2.63. The molecule has 0 atom stereocenters. The summed E-state index contributed by atoms with van der Waals surface area (Å²) in [6, 6.07) is 6.62. The van der Waals surface area contributed by atoms with Gasteiger partial charge in [-0.1, -0.05) is 12.1 Å². The van der Waals surface area contributed by atoms with Crippen LogP contribution in [0.1, 0.15) is 10.4 Å². The molecule has 2 rings (SSSR count). The van der Waals surface area contributed by atoms with Gasteiger partial charge < -0.3 is 16.2 Å². The maximum atomic E-state index is 11.2. The van der Waals surface area contributed by atoms with Gasteiger partial charge in [-0.15, -0.1) is 0 Å². The van der Waals surface area contributed by atoms with E-state index >= 15 is 0 Å². The van der Waals surface area contributed by atoms with Crippen LogP contribution in [0.5, 0.6) is 11.6 Å². The largest absolute Gasteiger partial charge is 0.437 e. The Balaban J connectivity index is 2.30. The zero-order valence-corrected chi connectivity index (χ0v) is 8.83. The van der Waals surface area contributed by atoms with E-state index in [1.807, 2.05) is 0 Å². The second kappa shape index (κ2) is 4.48. The van der Waals surface area contributed by atoms with Crippen LogP contribution in [-0.2, 0) is 0 Å². The Morgan fingerprint density at radius 2 is 1.94 bits per heavy atom. The van der Waals surface area contributed by atoms with Crippen molar-refractivity contribution in [2.24, 2.45) is 5.73 Å². The molecule has 0 bridgehead atoms. The smallest absolute Gasteiger partial charge is 0.252 e. The summed E-state index contributed by atoms with van der Waals surface area (Å²) in [5.74, 6) is 0.302. The molecular weight excluding hydrogens is 220 g/mol. The zero-order chi connectivity index (χ0) is 12.3. The van der Waals surface area contributed by atoms with Crippen LogP contribution in [0.25, 0.3) is 0 Å². The van der Waals surface area contributed by atoms with E-state index in [1.165, 1.54) is 12.4 Å². The summed E-state index contributed by atoms with van der Waals surface area (Å²) < 4.78 is 5.40. The molecule has 17 heavy (non-hydrogen) atoms. The fourth-order valence-corrected chi connectivity index (χ4v) is 1.25. The van der Waals surface area contributed by atoms with E-state index in [0.717, 1.165) is 0 Å². The molecule has 0 radical (unpaired) electrons. The number of hydrogen-bond acceptors (Lipinski definition) is 5. The number of amides is 1. The average Bonchev–Trinajstić information content (AvgIpc) is 2.32. The van der Waals surface area contributed by atoms with Crippen LogP contribution >= 0.6 is 0 Å². The highest BCUT2D eigenvalue weighted by Gasteiger charge is 2.09. The molecule has 1 aromatic heterocycles. The molecule has 6 nitrogen and oxygen atoms in total. The minimum absolute atomic E-state index is 0.243. The Morgan fingerprint density at radius 3 is 2.59 bits per heavy atom. The first-order chi connectivity index (χ1) is 8.16. The second-order valence-electron chi connectivity index (χ2n) is 3.24. The topological polar surface area (TPSA) is 104 Å². The number of ether oxygens (including phenoxy) is 1. The van der Waals surface area contributed by atoms with E-state index in [0.29, 0.717) is 11.6 Å². The minimum atomic E-state index is -0.566. The van der Waals surface area contributed by atoms with Crippen LogP contribution in [0.15, 0.2) is 36.7 Å². The van der Waals surface area contributed by atoms with Gasteiger partial charge in [-0.05, 0) is 12.1 Å². The quantitative estimate of drug-likeness (QED) is 0.816. The number of primary amides is 1. The lowest BCUT2D eigenvalue weighted by Gasteiger charge is -2.07. The van der Waals surface area contributed by atoms with E-state index in [2.05, 4.69) is 9.97 Å². The number of para-hydroxylation sites is 1. The maximum absolute atomic E-state index is 11.2. The maximum Gasteiger partial charge on any atom is 0.252 e. The summed E-state index contributed by atoms with van der Waals surface area (Å²) in [4.78, 5) is 18.9. The van der Waals surface area contributed by atoms with Crippen LogP contribution in [0, 0.1) is 0 Å². The molecule has 0 aliphatic carbocycles. The number of aromatic nitrogens is 2. The van der Waals surface area contributed by atoms with E-state index in [-0.39, 0.29) is 11.4 Å². The summed E-state index contributed by atoms with van der Waals surface area (Å²) in [7, 11) is 0. The molecule has 0 saturated heterocycles. The van der Waals surface area contributed by atoms with Crippen LogP contribution in [0.3, 0.4) is 0 Å². The number of nitrogens with two attached hydrogens (primary N) is 2. The molecule has 0 fully saturated rings. The van der Waals surface area contributed by atoms with Gasteiger partial charge in [0.05, 0.1) is 18.0 Å². The average molecular weight is 230 g/mol. The van der Waals surface area contributed by atoms with Crippen LogP contribution in [-0.4, -0.2) is 15.9 Å². The van der Waals surface area contributed by atoms with Crippen molar-refractivity contribution < 1.29 is 9.53 Å². The molecular formula is C11H10N4O2. The molecule has 1 aromatic carbocycles. The summed E-state index contributed by atoms with van der Waals surface area (Å²) in [5, 5.41) is 0. The monoisotopic (exact) mass is 230 g/mol. The van der Waals surface area contributed by atoms with Crippen molar-refractivity contribution in [1.29, 1.82) is 0 Å². The lowest BCUT2D eigenvalue weighted by Crippen LogP contribution is -2.12. The van der Waals surface area contributed by atoms with Crippen molar-refractivity contribution in [2.45, 2.75) is 0 Å². The van der Waals surface area contributed by atoms with Gasteiger partial charge in [-0.2, -0.15) is 0 Å². The number of nitrogens with zero attached hydrogens (tertiary/aromatic N) is 2. The second-order valence-corrected chi connectivity index (χ2v) is 3.24. The predicted molar refractivity (Wildman–Crippen MR) is 61.5 cm³/mol. The van der Waals surface area contributed by atoms with E-state index < -0.39 is 5.91 Å². The highest BCUT2D eigenvalue weighted by atomic mass is 16.5. The van der Waals surface area contributed by atoms with Gasteiger partial charge in [-0.3, -0.25) is 4.79 Å². The molecule has 0 saturated carbocycles. The fraction of sp³-hybridized carbons (Fsp3) is 0. The number of hydrogen-bond donors (Lipinski definition) is 2. The number of nitrogen functional groups attached to an aromatic ring is 1. The van der Waals surface area contributed by atoms with Gasteiger partial charge in [-0.25, -0.2) is 9.97 Å². The van der Waals surface area contributed by atoms with Crippen LogP contribution < -0.4 is 16.2 Å². The third kappa shape index (κ3) is 2.49. The standard InChI is InChI=1S/C11H10N4O2/c12-9-5-15-10(6-14-9)17-8-4-2-1-3-7(8)11(13)16/h1-6H,(H2,12,14)(H2,13,16). The number of carbonyl (C=O) groups is 1. The molecule has 6 heteroatoms. The van der Waals surface area contributed by atoms with E-state index in [1.54, 1.807) is 24.3 Å². The zero-order valence-electron chi connectivity index (χ0n) is 8.83. The van der Waals surface area contributed by atoms with Gasteiger partial charge in [0.1, 0.15) is 11.6 Å². The number of rotatable bonds is 3. The number of anilines is 1. The van der Waals surface area contributed by atoms with Crippen molar-refractivity contribution in [3.8, 4) is 11.6 Å². The molecule has 86 valence electrons. The fourth-order valence-electron chi connectivity index (χ4n) is 1.25. The molecule has 0 spiro atoms. The summed E-state index contributed by atoms with van der Waals surface area (Å²) >= 11 is 0. The van der Waals surface area contributed by atoms with Crippen molar-refractivity contribution in [1.82, 2.24) is 9.97 Å². The first kappa shape index (κ1) is 10.9. The first-order valence-corrected chi connectivity index (χ1v) is 4.81. The van der Waals surface area contributed by atoms with Gasteiger partial charge in [0, 0.05) is 0 Å². The highest BCUT2D eigenvalue weighted by molar-refractivity contribution is 5.95. The van der Waals surface area contributed by atoms with Gasteiger partial charge in [0.2, 0.25) is 5.88 Å². The molecule has 0 aliphatic heterocycles. The molecule has 0 aliphatic rings. The molecule has 4 N–H and O–H groups in total. The minimum Gasteiger partial charge on any atom is -0.437 e. The van der Waals surface area contributed by atoms with Gasteiger partial charge in [0.25, 0.3) is 5.91 Å². The van der Waals surface area contributed by atoms with Gasteiger partial charge in [0.15, 0.2) is 0 Å². The Bertz CT molecular complexity index is 539. The van der Waals surface area contributed by atoms with Crippen LogP contribution in [0.4, 0.5) is 5.82 Å². The van der Waals surface area contributed by atoms with E-state index in [4.69, 9.17) is 16.2 Å². The Labute approximate surface area is 97.2 Å². The normalized spacial score (nSPS) is 9.88. The SMILES string of the molecule is NC(=O)c1ccccc1Oc1cnc(N)cn1. The lowest BCUT2D eigenvalue weighted by atomic mass is 10.2. The lowest BCUT2D eigenvalue weighted by molar-refractivity contribution is 0.0998. The molecule has 0 unspecified atom stereocenters. The Morgan fingerprint density at radius 1 is 1.18 bits per heavy atom. The molecule has 1 heterocycles.